The number of fused-ring (bicyclic) bond motifs is 3. The van der Waals surface area contributed by atoms with Crippen LogP contribution in [0.2, 0.25) is 5.82 Å². The van der Waals surface area contributed by atoms with Gasteiger partial charge in [-0.2, -0.15) is 0 Å². The fourth-order valence-corrected chi connectivity index (χ4v) is 4.57. The number of benzene rings is 1. The summed E-state index contributed by atoms with van der Waals surface area (Å²) in [5.74, 6) is -2.15. The molecule has 0 bridgehead atoms. The highest BCUT2D eigenvalue weighted by Crippen LogP contribution is 2.63. The number of carbonyl (C=O) groups is 2. The van der Waals surface area contributed by atoms with Gasteiger partial charge in [-0.25, -0.2) is 0 Å². The Bertz CT molecular complexity index is 882. The number of nitrogens with one attached hydrogen (secondary N) is 1. The number of amides is 1. The molecule has 0 radical (unpaired) electrons. The predicted octanol–water partition coefficient (Wildman–Crippen LogP) is -1.81. The molecule has 11 heteroatoms. The topological polar surface area (TPSA) is 141 Å². The first-order valence-electron chi connectivity index (χ1n) is 10.3. The van der Waals surface area contributed by atoms with E-state index in [4.69, 9.17) is 14.1 Å². The number of likely N-dealkylation sites (tertiary alicyclic amines) is 1. The Labute approximate surface area is 172 Å². The van der Waals surface area contributed by atoms with Crippen molar-refractivity contribution in [3.8, 4) is 11.5 Å². The smallest absolute Gasteiger partial charge is 0.434 e. The summed E-state index contributed by atoms with van der Waals surface area (Å²) in [6.07, 6.45) is 0.314. The highest BCUT2D eigenvalue weighted by molar-refractivity contribution is 6.62. The van der Waals surface area contributed by atoms with Gasteiger partial charge in [-0.3, -0.25) is 4.79 Å². The summed E-state index contributed by atoms with van der Waals surface area (Å²) in [5, 5.41) is 35.1. The monoisotopic (exact) mass is 418 g/mol. The summed E-state index contributed by atoms with van der Waals surface area (Å²) in [4.78, 5) is 25.8. The lowest BCUT2D eigenvalue weighted by molar-refractivity contribution is -0.255. The van der Waals surface area contributed by atoms with Crippen LogP contribution in [-0.4, -0.2) is 78.6 Å². The van der Waals surface area contributed by atoms with Gasteiger partial charge in [0.25, 0.3) is 0 Å². The summed E-state index contributed by atoms with van der Waals surface area (Å²) >= 11 is 0. The molecule has 1 saturated carbocycles. The Kier molecular flexibility index (Phi) is 4.66. The van der Waals surface area contributed by atoms with Gasteiger partial charge in [0.1, 0.15) is 11.9 Å². The third kappa shape index (κ3) is 3.41. The van der Waals surface area contributed by atoms with Crippen LogP contribution < -0.4 is 19.8 Å². The molecule has 1 aliphatic carbocycles. The number of hydrogen-bond acceptors (Lipinski definition) is 9. The molecule has 2 unspecified atom stereocenters. The molecular formula is C19H23BN2O8-2. The second-order valence-electron chi connectivity index (χ2n) is 8.47. The maximum atomic E-state index is 12.4. The molecule has 3 aliphatic heterocycles. The Morgan fingerprint density at radius 2 is 2.13 bits per heavy atom. The summed E-state index contributed by atoms with van der Waals surface area (Å²) in [6.45, 7) is -0.427. The third-order valence-corrected chi connectivity index (χ3v) is 6.34. The maximum Gasteiger partial charge on any atom is 0.434 e. The molecule has 10 nitrogen and oxygen atoms in total. The van der Waals surface area contributed by atoms with E-state index in [2.05, 4.69) is 5.32 Å². The van der Waals surface area contributed by atoms with Crippen molar-refractivity contribution >= 4 is 18.6 Å². The Balaban J connectivity index is 1.25. The zero-order valence-electron chi connectivity index (χ0n) is 16.3. The van der Waals surface area contributed by atoms with Crippen LogP contribution in [0.25, 0.3) is 0 Å². The zero-order chi connectivity index (χ0) is 21.0. The largest absolute Gasteiger partial charge is 0.669 e. The van der Waals surface area contributed by atoms with Crippen LogP contribution in [0.1, 0.15) is 34.7 Å². The quantitative estimate of drug-likeness (QED) is 0.472. The molecule has 0 spiro atoms. The lowest BCUT2D eigenvalue weighted by Crippen LogP contribution is -2.57. The van der Waals surface area contributed by atoms with Crippen molar-refractivity contribution in [2.75, 3.05) is 32.8 Å². The van der Waals surface area contributed by atoms with Crippen molar-refractivity contribution in [3.63, 3.8) is 0 Å². The van der Waals surface area contributed by atoms with E-state index in [1.165, 1.54) is 0 Å². The van der Waals surface area contributed by atoms with Crippen molar-refractivity contribution in [3.05, 3.63) is 23.3 Å². The molecule has 30 heavy (non-hydrogen) atoms. The average molecular weight is 418 g/mol. The van der Waals surface area contributed by atoms with Crippen LogP contribution in [0.4, 0.5) is 0 Å². The molecule has 3 atom stereocenters. The molecule has 4 aliphatic rings. The second-order valence-corrected chi connectivity index (χ2v) is 8.47. The number of aromatic carboxylic acids is 1. The van der Waals surface area contributed by atoms with E-state index in [9.17, 15) is 24.7 Å². The molecule has 1 amide bonds. The zero-order valence-corrected chi connectivity index (χ0v) is 16.3. The third-order valence-electron chi connectivity index (χ3n) is 6.34. The van der Waals surface area contributed by atoms with Crippen molar-refractivity contribution in [1.29, 1.82) is 0 Å². The first kappa shape index (κ1) is 19.6. The van der Waals surface area contributed by atoms with Gasteiger partial charge in [-0.1, -0.05) is 18.3 Å². The van der Waals surface area contributed by atoms with Gasteiger partial charge >= 0.3 is 6.75 Å². The van der Waals surface area contributed by atoms with Crippen LogP contribution in [-0.2, 0) is 9.53 Å². The predicted molar refractivity (Wildman–Crippen MR) is 101 cm³/mol. The van der Waals surface area contributed by atoms with Gasteiger partial charge in [-0.05, 0) is 17.5 Å². The Hall–Kier alpha value is -2.34. The van der Waals surface area contributed by atoms with Gasteiger partial charge in [-0.15, -0.1) is 0 Å². The Morgan fingerprint density at radius 1 is 1.33 bits per heavy atom. The minimum Gasteiger partial charge on any atom is -0.669 e. The van der Waals surface area contributed by atoms with Crippen LogP contribution in [0, 0.1) is 0 Å². The van der Waals surface area contributed by atoms with E-state index in [-0.39, 0.29) is 47.5 Å². The van der Waals surface area contributed by atoms with Gasteiger partial charge in [0.2, 0.25) is 5.91 Å². The van der Waals surface area contributed by atoms with Gasteiger partial charge in [0.05, 0.1) is 49.5 Å². The lowest BCUT2D eigenvalue weighted by atomic mass is 9.68. The fourth-order valence-electron chi connectivity index (χ4n) is 4.57. The van der Waals surface area contributed by atoms with Gasteiger partial charge < -0.3 is 44.3 Å². The van der Waals surface area contributed by atoms with E-state index < -0.39 is 18.5 Å². The van der Waals surface area contributed by atoms with E-state index in [0.717, 1.165) is 6.54 Å². The average Bonchev–Trinajstić information content (AvgIpc) is 3.46. The van der Waals surface area contributed by atoms with E-state index >= 15 is 0 Å². The number of rotatable bonds is 5. The maximum absolute atomic E-state index is 12.4. The minimum absolute atomic E-state index is 0.0368. The SMILES string of the molecule is O=C([O-])c1c(OC2CN(C(=O)C[C@H]3CNCCO3)C2)ccc2c1O[B-](O)(O)C1CC21. The van der Waals surface area contributed by atoms with Crippen molar-refractivity contribution < 1.29 is 38.9 Å². The molecule has 3 heterocycles. The summed E-state index contributed by atoms with van der Waals surface area (Å²) in [7, 11) is 0. The van der Waals surface area contributed by atoms with Crippen molar-refractivity contribution in [2.24, 2.45) is 0 Å². The molecule has 3 fully saturated rings. The standard InChI is InChI=1S/C19H24BN2O8/c23-16(5-10-7-21-3-4-28-10)22-8-11(9-22)29-15-2-1-12-13-6-14(13)20(26,27)30-18(12)17(15)19(24)25/h1-2,10-11,13-14,21,26-27H,3-9H2,(H,24,25)/q-1/p-1/t10-,13?,14?/m0/s1. The molecule has 1 aromatic rings. The van der Waals surface area contributed by atoms with Crippen molar-refractivity contribution in [2.45, 2.75) is 36.8 Å². The first-order chi connectivity index (χ1) is 14.3. The van der Waals surface area contributed by atoms with Crippen LogP contribution in [0.3, 0.4) is 0 Å². The molecular weight excluding hydrogens is 395 g/mol. The number of ether oxygens (including phenoxy) is 2. The highest BCUT2D eigenvalue weighted by Gasteiger charge is 2.55. The van der Waals surface area contributed by atoms with E-state index in [0.29, 0.717) is 38.2 Å². The van der Waals surface area contributed by atoms with Crippen LogP contribution >= 0.6 is 0 Å². The van der Waals surface area contributed by atoms with Crippen LogP contribution in [0.15, 0.2) is 12.1 Å². The summed E-state index contributed by atoms with van der Waals surface area (Å²) in [6, 6.07) is 3.24. The number of carboxylic acids is 1. The molecule has 3 N–H and O–H groups in total. The lowest BCUT2D eigenvalue weighted by Gasteiger charge is -2.41. The van der Waals surface area contributed by atoms with E-state index in [1.807, 2.05) is 0 Å². The number of carbonyl (C=O) groups excluding carboxylic acids is 2. The second kappa shape index (κ2) is 7.12. The van der Waals surface area contributed by atoms with E-state index in [1.54, 1.807) is 17.0 Å². The van der Waals surface area contributed by atoms with Gasteiger partial charge in [0.15, 0.2) is 0 Å². The van der Waals surface area contributed by atoms with Gasteiger partial charge in [0, 0.05) is 13.1 Å². The molecule has 162 valence electrons. The number of hydrogen-bond donors (Lipinski definition) is 3. The van der Waals surface area contributed by atoms with Crippen molar-refractivity contribution in [1.82, 2.24) is 10.2 Å². The minimum atomic E-state index is -3.11. The highest BCUT2D eigenvalue weighted by atomic mass is 16.6. The first-order valence-corrected chi connectivity index (χ1v) is 10.3. The fraction of sp³-hybridized carbons (Fsp3) is 0.579. The molecule has 2 saturated heterocycles. The number of nitrogens with zero attached hydrogens (tertiary/aromatic N) is 1. The molecule has 0 aromatic heterocycles. The normalized spacial score (nSPS) is 29.1. The van der Waals surface area contributed by atoms with Crippen LogP contribution in [0.5, 0.6) is 11.5 Å². The Morgan fingerprint density at radius 3 is 2.83 bits per heavy atom. The molecule has 5 rings (SSSR count). The number of carboxylic acid groups (broad SMARTS) is 1. The number of morpholine rings is 1. The summed E-state index contributed by atoms with van der Waals surface area (Å²) < 4.78 is 16.6. The molecule has 1 aromatic carbocycles. The summed E-state index contributed by atoms with van der Waals surface area (Å²) in [5.41, 5.74) is 0.303.